The molecule has 0 radical (unpaired) electrons. The topological polar surface area (TPSA) is 72.0 Å². The zero-order chi connectivity index (χ0) is 22.7. The smallest absolute Gasteiger partial charge is 0.269 e. The number of hydrogen-bond donors (Lipinski definition) is 1. The number of rotatable bonds is 9. The van der Waals surface area contributed by atoms with Gasteiger partial charge in [-0.2, -0.15) is 0 Å². The molecule has 1 N–H and O–H groups in total. The van der Waals surface area contributed by atoms with Gasteiger partial charge in [-0.05, 0) is 49.3 Å². The Kier molecular flexibility index (Phi) is 6.58. The van der Waals surface area contributed by atoms with Gasteiger partial charge in [0, 0.05) is 53.5 Å². The Bertz CT molecular complexity index is 1150. The number of aryl methyl sites for hydroxylation is 1. The molecule has 1 aromatic carbocycles. The van der Waals surface area contributed by atoms with Crippen molar-refractivity contribution >= 4 is 22.6 Å². The standard InChI is InChI=1S/C26H28FN3O2/c1-3-5-10-28-26(32)23-9-8-17(14-29-23)19-12-20-18(4-2)21(25(31)11-16-6-7-16)15-30-24(20)13-22(19)27/h8-9,12-16H,3-7,10-11H2,1-2H3,(H,28,32). The predicted molar refractivity (Wildman–Crippen MR) is 123 cm³/mol. The van der Waals surface area contributed by atoms with Crippen LogP contribution in [0.15, 0.2) is 36.7 Å². The first-order valence-electron chi connectivity index (χ1n) is 11.4. The molecular formula is C26H28FN3O2. The lowest BCUT2D eigenvalue weighted by atomic mass is 9.94. The van der Waals surface area contributed by atoms with Crippen LogP contribution in [0.1, 0.15) is 72.4 Å². The van der Waals surface area contributed by atoms with Crippen molar-refractivity contribution < 1.29 is 14.0 Å². The third-order valence-electron chi connectivity index (χ3n) is 6.02. The highest BCUT2D eigenvalue weighted by Crippen LogP contribution is 2.35. The molecule has 2 aromatic heterocycles. The fourth-order valence-corrected chi connectivity index (χ4v) is 3.96. The van der Waals surface area contributed by atoms with Crippen LogP contribution in [0.2, 0.25) is 0 Å². The second-order valence-corrected chi connectivity index (χ2v) is 8.47. The van der Waals surface area contributed by atoms with E-state index in [1.165, 1.54) is 12.3 Å². The lowest BCUT2D eigenvalue weighted by Gasteiger charge is -2.13. The van der Waals surface area contributed by atoms with Crippen LogP contribution in [0.4, 0.5) is 4.39 Å². The van der Waals surface area contributed by atoms with Gasteiger partial charge in [-0.15, -0.1) is 0 Å². The third-order valence-corrected chi connectivity index (χ3v) is 6.02. The van der Waals surface area contributed by atoms with Gasteiger partial charge in [-0.1, -0.05) is 26.3 Å². The van der Waals surface area contributed by atoms with Crippen molar-refractivity contribution in [2.75, 3.05) is 6.54 Å². The third kappa shape index (κ3) is 4.69. The van der Waals surface area contributed by atoms with E-state index in [4.69, 9.17) is 0 Å². The number of nitrogens with one attached hydrogen (secondary N) is 1. The fraction of sp³-hybridized carbons (Fsp3) is 0.385. The van der Waals surface area contributed by atoms with Crippen molar-refractivity contribution in [1.29, 1.82) is 0 Å². The summed E-state index contributed by atoms with van der Waals surface area (Å²) in [5.74, 6) is -0.0356. The summed E-state index contributed by atoms with van der Waals surface area (Å²) in [4.78, 5) is 33.6. The SMILES string of the molecule is CCCCNC(=O)c1ccc(-c2cc3c(CC)c(C(=O)CC4CC4)cnc3cc2F)cn1. The maximum absolute atomic E-state index is 14.9. The van der Waals surface area contributed by atoms with Gasteiger partial charge in [0.25, 0.3) is 5.91 Å². The normalized spacial score (nSPS) is 13.3. The zero-order valence-electron chi connectivity index (χ0n) is 18.6. The van der Waals surface area contributed by atoms with Gasteiger partial charge in [0.2, 0.25) is 0 Å². The molecule has 0 unspecified atom stereocenters. The van der Waals surface area contributed by atoms with Crippen LogP contribution in [0.5, 0.6) is 0 Å². The van der Waals surface area contributed by atoms with Crippen molar-refractivity contribution in [3.8, 4) is 11.1 Å². The average molecular weight is 434 g/mol. The maximum Gasteiger partial charge on any atom is 0.269 e. The highest BCUT2D eigenvalue weighted by atomic mass is 19.1. The molecule has 1 aliphatic carbocycles. The van der Waals surface area contributed by atoms with Crippen LogP contribution in [0, 0.1) is 11.7 Å². The summed E-state index contributed by atoms with van der Waals surface area (Å²) >= 11 is 0. The van der Waals surface area contributed by atoms with E-state index < -0.39 is 5.82 Å². The van der Waals surface area contributed by atoms with Gasteiger partial charge >= 0.3 is 0 Å². The number of Topliss-reactive ketones (excluding diaryl/α,β-unsaturated/α-hetero) is 1. The monoisotopic (exact) mass is 433 g/mol. The molecule has 1 amide bonds. The molecule has 1 saturated carbocycles. The zero-order valence-corrected chi connectivity index (χ0v) is 18.6. The number of amides is 1. The Morgan fingerprint density at radius 2 is 1.94 bits per heavy atom. The number of hydrogen-bond acceptors (Lipinski definition) is 4. The molecule has 0 aliphatic heterocycles. The van der Waals surface area contributed by atoms with Gasteiger partial charge in [0.05, 0.1) is 5.52 Å². The molecule has 0 atom stereocenters. The van der Waals surface area contributed by atoms with E-state index >= 15 is 0 Å². The van der Waals surface area contributed by atoms with Crippen molar-refractivity contribution in [2.24, 2.45) is 5.92 Å². The second-order valence-electron chi connectivity index (χ2n) is 8.47. The van der Waals surface area contributed by atoms with Crippen LogP contribution in [-0.4, -0.2) is 28.2 Å². The summed E-state index contributed by atoms with van der Waals surface area (Å²) in [7, 11) is 0. The van der Waals surface area contributed by atoms with Crippen LogP contribution >= 0.6 is 0 Å². The molecule has 0 saturated heterocycles. The van der Waals surface area contributed by atoms with Gasteiger partial charge in [-0.3, -0.25) is 19.6 Å². The van der Waals surface area contributed by atoms with E-state index in [-0.39, 0.29) is 11.7 Å². The molecule has 166 valence electrons. The van der Waals surface area contributed by atoms with Crippen LogP contribution in [-0.2, 0) is 6.42 Å². The Balaban J connectivity index is 1.67. The number of nitrogens with zero attached hydrogens (tertiary/aromatic N) is 2. The summed E-state index contributed by atoms with van der Waals surface area (Å²) in [6.07, 6.45) is 8.46. The lowest BCUT2D eigenvalue weighted by molar-refractivity contribution is 0.0946. The summed E-state index contributed by atoms with van der Waals surface area (Å²) in [6, 6.07) is 6.47. The van der Waals surface area contributed by atoms with Gasteiger partial charge in [0.15, 0.2) is 5.78 Å². The number of unbranched alkanes of at least 4 members (excludes halogenated alkanes) is 1. The summed E-state index contributed by atoms with van der Waals surface area (Å²) < 4.78 is 14.9. The quantitative estimate of drug-likeness (QED) is 0.357. The molecule has 1 fully saturated rings. The molecule has 0 spiro atoms. The molecule has 4 rings (SSSR count). The van der Waals surface area contributed by atoms with E-state index in [9.17, 15) is 14.0 Å². The molecule has 5 nitrogen and oxygen atoms in total. The molecule has 0 bridgehead atoms. The van der Waals surface area contributed by atoms with Crippen molar-refractivity contribution in [2.45, 2.75) is 52.4 Å². The molecule has 3 aromatic rings. The first-order valence-corrected chi connectivity index (χ1v) is 11.4. The number of halogens is 1. The Labute approximate surface area is 187 Å². The first kappa shape index (κ1) is 22.1. The summed E-state index contributed by atoms with van der Waals surface area (Å²) in [5, 5.41) is 3.61. The van der Waals surface area contributed by atoms with E-state index in [0.29, 0.717) is 53.2 Å². The average Bonchev–Trinajstić information content (AvgIpc) is 3.62. The number of ketones is 1. The second kappa shape index (κ2) is 9.55. The number of carbonyl (C=O) groups is 2. The molecule has 2 heterocycles. The van der Waals surface area contributed by atoms with Gasteiger partial charge < -0.3 is 5.32 Å². The minimum absolute atomic E-state index is 0.115. The summed E-state index contributed by atoms with van der Waals surface area (Å²) in [5.41, 5.74) is 3.34. The van der Waals surface area contributed by atoms with Crippen molar-refractivity contribution in [3.63, 3.8) is 0 Å². The number of carbonyl (C=O) groups excluding carboxylic acids is 2. The number of pyridine rings is 2. The van der Waals surface area contributed by atoms with Crippen molar-refractivity contribution in [3.05, 3.63) is 59.3 Å². The molecule has 1 aliphatic rings. The number of fused-ring (bicyclic) bond motifs is 1. The maximum atomic E-state index is 14.9. The lowest BCUT2D eigenvalue weighted by Crippen LogP contribution is -2.25. The Morgan fingerprint density at radius 3 is 2.59 bits per heavy atom. The van der Waals surface area contributed by atoms with Crippen LogP contribution in [0.25, 0.3) is 22.0 Å². The molecule has 32 heavy (non-hydrogen) atoms. The number of aromatic nitrogens is 2. The van der Waals surface area contributed by atoms with Crippen LogP contribution < -0.4 is 5.32 Å². The van der Waals surface area contributed by atoms with E-state index in [1.54, 1.807) is 24.4 Å². The minimum Gasteiger partial charge on any atom is -0.351 e. The highest BCUT2D eigenvalue weighted by Gasteiger charge is 2.26. The Hall–Kier alpha value is -3.15. The first-order chi connectivity index (χ1) is 15.5. The van der Waals surface area contributed by atoms with Crippen molar-refractivity contribution in [1.82, 2.24) is 15.3 Å². The van der Waals surface area contributed by atoms with Crippen LogP contribution in [0.3, 0.4) is 0 Å². The van der Waals surface area contributed by atoms with Gasteiger partial charge in [0.1, 0.15) is 11.5 Å². The highest BCUT2D eigenvalue weighted by molar-refractivity contribution is 6.02. The number of benzene rings is 1. The minimum atomic E-state index is -0.411. The molecule has 6 heteroatoms. The molecular weight excluding hydrogens is 405 g/mol. The Morgan fingerprint density at radius 1 is 1.12 bits per heavy atom. The predicted octanol–water partition coefficient (Wildman–Crippen LogP) is 5.51. The van der Waals surface area contributed by atoms with E-state index in [2.05, 4.69) is 22.2 Å². The largest absolute Gasteiger partial charge is 0.351 e. The van der Waals surface area contributed by atoms with Gasteiger partial charge in [-0.25, -0.2) is 4.39 Å². The fourth-order valence-electron chi connectivity index (χ4n) is 3.96. The summed E-state index contributed by atoms with van der Waals surface area (Å²) in [6.45, 7) is 4.66. The van der Waals surface area contributed by atoms with E-state index in [1.807, 2.05) is 6.92 Å². The van der Waals surface area contributed by atoms with E-state index in [0.717, 1.165) is 36.6 Å².